The van der Waals surface area contributed by atoms with Crippen LogP contribution in [0.4, 0.5) is 14.5 Å². The van der Waals surface area contributed by atoms with E-state index in [0.29, 0.717) is 0 Å². The van der Waals surface area contributed by atoms with Gasteiger partial charge in [0.15, 0.2) is 0 Å². The lowest BCUT2D eigenvalue weighted by molar-refractivity contribution is -0.0499. The Morgan fingerprint density at radius 2 is 1.80 bits per heavy atom. The van der Waals surface area contributed by atoms with Crippen LogP contribution >= 0.6 is 11.3 Å². The first-order chi connectivity index (χ1) is 14.4. The molecule has 2 N–H and O–H groups in total. The first kappa shape index (κ1) is 21.4. The number of alkyl halides is 2. The van der Waals surface area contributed by atoms with Crippen molar-refractivity contribution >= 4 is 39.2 Å². The smallest absolute Gasteiger partial charge is 0.387 e. The third kappa shape index (κ3) is 5.39. The molecule has 0 spiro atoms. The van der Waals surface area contributed by atoms with E-state index < -0.39 is 22.5 Å². The van der Waals surface area contributed by atoms with Gasteiger partial charge < -0.3 is 4.74 Å². The number of hydrogen-bond donors (Lipinski definition) is 2. The minimum atomic E-state index is -3.84. The van der Waals surface area contributed by atoms with Crippen molar-refractivity contribution < 1.29 is 26.7 Å². The van der Waals surface area contributed by atoms with Crippen molar-refractivity contribution in [3.05, 3.63) is 77.2 Å². The number of anilines is 1. The van der Waals surface area contributed by atoms with Gasteiger partial charge in [-0.2, -0.15) is 13.9 Å². The molecular formula is C19H15F2N3O4S2. The van der Waals surface area contributed by atoms with Crippen LogP contribution in [0.15, 0.2) is 75.4 Å². The summed E-state index contributed by atoms with van der Waals surface area (Å²) in [6.45, 7) is -3.00. The van der Waals surface area contributed by atoms with Gasteiger partial charge in [0.2, 0.25) is 0 Å². The van der Waals surface area contributed by atoms with E-state index in [1.807, 2.05) is 0 Å². The Kier molecular flexibility index (Phi) is 6.75. The van der Waals surface area contributed by atoms with E-state index in [1.165, 1.54) is 36.4 Å². The molecule has 11 heteroatoms. The Morgan fingerprint density at radius 3 is 2.53 bits per heavy atom. The van der Waals surface area contributed by atoms with Crippen LogP contribution in [0.25, 0.3) is 0 Å². The van der Waals surface area contributed by atoms with Crippen LogP contribution in [0.2, 0.25) is 0 Å². The van der Waals surface area contributed by atoms with Crippen molar-refractivity contribution in [1.82, 2.24) is 5.43 Å². The highest BCUT2D eigenvalue weighted by Gasteiger charge is 2.19. The van der Waals surface area contributed by atoms with Crippen molar-refractivity contribution in [2.75, 3.05) is 4.72 Å². The van der Waals surface area contributed by atoms with Crippen LogP contribution in [0.5, 0.6) is 5.75 Å². The summed E-state index contributed by atoms with van der Waals surface area (Å²) in [4.78, 5) is 12.5. The fourth-order valence-corrected chi connectivity index (χ4v) is 4.47. The van der Waals surface area contributed by atoms with E-state index in [-0.39, 0.29) is 26.8 Å². The number of hydrazone groups is 1. The van der Waals surface area contributed by atoms with Gasteiger partial charge in [-0.3, -0.25) is 9.52 Å². The molecule has 156 valence electrons. The predicted molar refractivity (Wildman–Crippen MR) is 110 cm³/mol. The molecule has 0 saturated carbocycles. The maximum absolute atomic E-state index is 12.5. The van der Waals surface area contributed by atoms with Gasteiger partial charge in [-0.15, -0.1) is 11.3 Å². The van der Waals surface area contributed by atoms with E-state index in [2.05, 4.69) is 20.0 Å². The second-order valence-corrected chi connectivity index (χ2v) is 8.56. The molecule has 1 aromatic heterocycles. The fourth-order valence-electron chi connectivity index (χ4n) is 2.39. The lowest BCUT2D eigenvalue weighted by Gasteiger charge is -2.10. The van der Waals surface area contributed by atoms with Crippen LogP contribution in [0.1, 0.15) is 15.9 Å². The molecule has 1 amide bonds. The number of nitrogens with zero attached hydrogens (tertiary/aromatic N) is 1. The van der Waals surface area contributed by atoms with Crippen molar-refractivity contribution in [2.45, 2.75) is 10.8 Å². The first-order valence-corrected chi connectivity index (χ1v) is 10.8. The third-order valence-corrected chi connectivity index (χ3v) is 6.44. The normalized spacial score (nSPS) is 11.6. The summed E-state index contributed by atoms with van der Waals surface area (Å²) < 4.78 is 56.6. The highest BCUT2D eigenvalue weighted by molar-refractivity contribution is 7.94. The van der Waals surface area contributed by atoms with Crippen molar-refractivity contribution in [2.24, 2.45) is 5.10 Å². The van der Waals surface area contributed by atoms with Crippen LogP contribution in [0, 0.1) is 0 Å². The lowest BCUT2D eigenvalue weighted by Crippen LogP contribution is -2.21. The zero-order valence-corrected chi connectivity index (χ0v) is 16.8. The van der Waals surface area contributed by atoms with E-state index in [1.54, 1.807) is 29.6 Å². The van der Waals surface area contributed by atoms with Crippen molar-refractivity contribution in [3.8, 4) is 5.75 Å². The van der Waals surface area contributed by atoms with Gasteiger partial charge in [0.1, 0.15) is 9.96 Å². The van der Waals surface area contributed by atoms with E-state index in [9.17, 15) is 22.0 Å². The predicted octanol–water partition coefficient (Wildman–Crippen LogP) is 3.91. The summed E-state index contributed by atoms with van der Waals surface area (Å²) in [5.41, 5.74) is 2.57. The molecule has 3 rings (SSSR count). The molecule has 7 nitrogen and oxygen atoms in total. The molecule has 0 fully saturated rings. The molecule has 0 aliphatic carbocycles. The summed E-state index contributed by atoms with van der Waals surface area (Å²) in [7, 11) is -3.84. The lowest BCUT2D eigenvalue weighted by atomic mass is 10.2. The van der Waals surface area contributed by atoms with E-state index in [4.69, 9.17) is 0 Å². The quantitative estimate of drug-likeness (QED) is 0.401. The Bertz CT molecular complexity index is 1150. The number of halogens is 2. The molecule has 2 aromatic carbocycles. The average Bonchev–Trinajstić information content (AvgIpc) is 3.25. The Balaban J connectivity index is 1.75. The van der Waals surface area contributed by atoms with Crippen molar-refractivity contribution in [1.29, 1.82) is 0 Å². The largest absolute Gasteiger partial charge is 0.434 e. The molecule has 0 atom stereocenters. The van der Waals surface area contributed by atoms with Crippen molar-refractivity contribution in [3.63, 3.8) is 0 Å². The van der Waals surface area contributed by atoms with Crippen LogP contribution in [0.3, 0.4) is 0 Å². The zero-order chi connectivity index (χ0) is 21.6. The monoisotopic (exact) mass is 451 g/mol. The minimum Gasteiger partial charge on any atom is -0.434 e. The summed E-state index contributed by atoms with van der Waals surface area (Å²) >= 11 is 1.04. The van der Waals surface area contributed by atoms with Crippen LogP contribution in [-0.2, 0) is 10.0 Å². The molecule has 3 aromatic rings. The summed E-state index contributed by atoms with van der Waals surface area (Å²) in [5, 5.41) is 5.37. The molecule has 0 radical (unpaired) electrons. The number of nitrogens with one attached hydrogen (secondary N) is 2. The number of benzene rings is 2. The maximum atomic E-state index is 12.5. The Hall–Kier alpha value is -3.31. The molecule has 0 aliphatic rings. The van der Waals surface area contributed by atoms with Gasteiger partial charge >= 0.3 is 6.61 Å². The fraction of sp³-hybridized carbons (Fsp3) is 0.0526. The van der Waals surface area contributed by atoms with Crippen LogP contribution < -0.4 is 14.9 Å². The van der Waals surface area contributed by atoms with Gasteiger partial charge in [0.25, 0.3) is 15.9 Å². The maximum Gasteiger partial charge on any atom is 0.387 e. The molecule has 30 heavy (non-hydrogen) atoms. The SMILES string of the molecule is O=C(N/N=C\c1ccccc1OC(F)F)c1ccccc1NS(=O)(=O)c1cccs1. The van der Waals surface area contributed by atoms with Gasteiger partial charge in [-0.1, -0.05) is 30.3 Å². The highest BCUT2D eigenvalue weighted by atomic mass is 32.2. The van der Waals surface area contributed by atoms with Gasteiger partial charge in [-0.25, -0.2) is 13.8 Å². The number of sulfonamides is 1. The number of amides is 1. The molecule has 0 bridgehead atoms. The Morgan fingerprint density at radius 1 is 1.07 bits per heavy atom. The number of ether oxygens (including phenoxy) is 1. The summed E-state index contributed by atoms with van der Waals surface area (Å²) in [5.74, 6) is -0.794. The molecule has 1 heterocycles. The second kappa shape index (κ2) is 9.46. The second-order valence-electron chi connectivity index (χ2n) is 5.70. The number of para-hydroxylation sites is 2. The number of hydrogen-bond acceptors (Lipinski definition) is 6. The minimum absolute atomic E-state index is 0.0342. The van der Waals surface area contributed by atoms with E-state index in [0.717, 1.165) is 17.6 Å². The average molecular weight is 451 g/mol. The number of rotatable bonds is 8. The summed E-state index contributed by atoms with van der Waals surface area (Å²) in [6, 6.07) is 15.0. The summed E-state index contributed by atoms with van der Waals surface area (Å²) in [6.07, 6.45) is 1.15. The first-order valence-electron chi connectivity index (χ1n) is 8.39. The molecule has 0 saturated heterocycles. The van der Waals surface area contributed by atoms with E-state index >= 15 is 0 Å². The molecule has 0 aliphatic heterocycles. The third-order valence-electron chi connectivity index (χ3n) is 3.68. The number of carbonyl (C=O) groups is 1. The Labute approximate surface area is 175 Å². The van der Waals surface area contributed by atoms with Gasteiger partial charge in [0, 0.05) is 5.56 Å². The topological polar surface area (TPSA) is 96.9 Å². The van der Waals surface area contributed by atoms with Crippen LogP contribution in [-0.4, -0.2) is 27.2 Å². The van der Waals surface area contributed by atoms with Gasteiger partial charge in [-0.05, 0) is 35.7 Å². The zero-order valence-electron chi connectivity index (χ0n) is 15.2. The van der Waals surface area contributed by atoms with Gasteiger partial charge in [0.05, 0.1) is 17.5 Å². The molecule has 0 unspecified atom stereocenters. The standard InChI is InChI=1S/C19H15F2N3O4S2/c20-19(21)28-16-9-4-1-6-13(16)12-22-23-18(25)14-7-2-3-8-15(14)24-30(26,27)17-10-5-11-29-17/h1-12,19,24H,(H,23,25)/b22-12-. The number of thiophene rings is 1. The molecular weight excluding hydrogens is 436 g/mol. The number of carbonyl (C=O) groups excluding carboxylic acids is 1. The highest BCUT2D eigenvalue weighted by Crippen LogP contribution is 2.23.